The predicted molar refractivity (Wildman–Crippen MR) is 74.0 cm³/mol. The van der Waals surface area contributed by atoms with Gasteiger partial charge in [-0.3, -0.25) is 4.90 Å². The molecule has 0 aromatic heterocycles. The van der Waals surface area contributed by atoms with Gasteiger partial charge >= 0.3 is 0 Å². The van der Waals surface area contributed by atoms with Crippen LogP contribution in [0.4, 0.5) is 0 Å². The van der Waals surface area contributed by atoms with Gasteiger partial charge in [0.1, 0.15) is 0 Å². The van der Waals surface area contributed by atoms with E-state index in [0.29, 0.717) is 12.6 Å². The molecule has 1 atom stereocenters. The number of nitrogens with one attached hydrogen (secondary N) is 1. The Morgan fingerprint density at radius 1 is 1.11 bits per heavy atom. The molecule has 1 saturated carbocycles. The Morgan fingerprint density at radius 2 is 1.83 bits per heavy atom. The second-order valence-corrected chi connectivity index (χ2v) is 7.75. The number of hydrogen-bond donors (Lipinski definition) is 1. The van der Waals surface area contributed by atoms with Gasteiger partial charge in [0.25, 0.3) is 0 Å². The van der Waals surface area contributed by atoms with Crippen molar-refractivity contribution in [1.82, 2.24) is 9.62 Å². The van der Waals surface area contributed by atoms with Crippen LogP contribution >= 0.6 is 0 Å². The highest BCUT2D eigenvalue weighted by molar-refractivity contribution is 7.88. The second kappa shape index (κ2) is 6.35. The third-order valence-electron chi connectivity index (χ3n) is 4.30. The summed E-state index contributed by atoms with van der Waals surface area (Å²) in [7, 11) is -3.04. The molecule has 1 aliphatic heterocycles. The summed E-state index contributed by atoms with van der Waals surface area (Å²) in [5.41, 5.74) is 0. The summed E-state index contributed by atoms with van der Waals surface area (Å²) in [5, 5.41) is 0. The van der Waals surface area contributed by atoms with E-state index in [-0.39, 0.29) is 0 Å². The van der Waals surface area contributed by atoms with Gasteiger partial charge in [-0.15, -0.1) is 0 Å². The fourth-order valence-corrected chi connectivity index (χ4v) is 3.81. The Hall–Kier alpha value is -0.130. The molecule has 1 N–H and O–H groups in total. The van der Waals surface area contributed by atoms with Crippen molar-refractivity contribution in [2.24, 2.45) is 5.92 Å². The quantitative estimate of drug-likeness (QED) is 0.828. The Labute approximate surface area is 111 Å². The van der Waals surface area contributed by atoms with Crippen molar-refractivity contribution in [2.75, 3.05) is 25.9 Å². The van der Waals surface area contributed by atoms with E-state index in [1.54, 1.807) is 0 Å². The lowest BCUT2D eigenvalue weighted by Gasteiger charge is -2.30. The minimum absolute atomic E-state index is 0.418. The average Bonchev–Trinajstić information content (AvgIpc) is 2.74. The van der Waals surface area contributed by atoms with Crippen molar-refractivity contribution in [1.29, 1.82) is 0 Å². The molecule has 4 nitrogen and oxygen atoms in total. The molecule has 0 bridgehead atoms. The Bertz CT molecular complexity index is 350. The van der Waals surface area contributed by atoms with Gasteiger partial charge in [-0.2, -0.15) is 0 Å². The number of sulfonamides is 1. The van der Waals surface area contributed by atoms with Crippen molar-refractivity contribution in [3.63, 3.8) is 0 Å². The van der Waals surface area contributed by atoms with Crippen LogP contribution in [0.5, 0.6) is 0 Å². The molecular weight excluding hydrogens is 248 g/mol. The summed E-state index contributed by atoms with van der Waals surface area (Å²) in [4.78, 5) is 2.51. The smallest absolute Gasteiger partial charge is 0.208 e. The van der Waals surface area contributed by atoms with Crippen LogP contribution in [0.1, 0.15) is 44.9 Å². The van der Waals surface area contributed by atoms with Crippen LogP contribution in [-0.4, -0.2) is 45.2 Å². The molecule has 5 heteroatoms. The minimum atomic E-state index is -3.04. The summed E-state index contributed by atoms with van der Waals surface area (Å²) in [6.07, 6.45) is 10.5. The standard InChI is InChI=1S/C13H26N2O2S/c1-18(16,17)14-10-13-8-5-9-15(13)11-12-6-3-2-4-7-12/h12-14H,2-11H2,1H3/t13-/m0/s1. The van der Waals surface area contributed by atoms with Gasteiger partial charge in [-0.1, -0.05) is 19.3 Å². The van der Waals surface area contributed by atoms with E-state index in [2.05, 4.69) is 9.62 Å². The van der Waals surface area contributed by atoms with E-state index in [0.717, 1.165) is 18.9 Å². The lowest BCUT2D eigenvalue weighted by atomic mass is 9.89. The maximum Gasteiger partial charge on any atom is 0.208 e. The highest BCUT2D eigenvalue weighted by atomic mass is 32.2. The van der Waals surface area contributed by atoms with Gasteiger partial charge in [0.15, 0.2) is 0 Å². The van der Waals surface area contributed by atoms with Crippen molar-refractivity contribution >= 4 is 10.0 Å². The van der Waals surface area contributed by atoms with Crippen LogP contribution in [0.25, 0.3) is 0 Å². The number of hydrogen-bond acceptors (Lipinski definition) is 3. The maximum absolute atomic E-state index is 11.2. The highest BCUT2D eigenvalue weighted by Gasteiger charge is 2.27. The lowest BCUT2D eigenvalue weighted by molar-refractivity contribution is 0.188. The van der Waals surface area contributed by atoms with Crippen LogP contribution in [-0.2, 0) is 10.0 Å². The first-order valence-electron chi connectivity index (χ1n) is 7.23. The largest absolute Gasteiger partial charge is 0.299 e. The number of likely N-dealkylation sites (tertiary alicyclic amines) is 1. The van der Waals surface area contributed by atoms with E-state index in [9.17, 15) is 8.42 Å². The second-order valence-electron chi connectivity index (χ2n) is 5.92. The highest BCUT2D eigenvalue weighted by Crippen LogP contribution is 2.27. The van der Waals surface area contributed by atoms with Gasteiger partial charge in [-0.05, 0) is 38.1 Å². The summed E-state index contributed by atoms with van der Waals surface area (Å²) in [6, 6.07) is 0.418. The first-order chi connectivity index (χ1) is 8.54. The molecule has 0 unspecified atom stereocenters. The van der Waals surface area contributed by atoms with E-state index in [4.69, 9.17) is 0 Å². The van der Waals surface area contributed by atoms with E-state index >= 15 is 0 Å². The van der Waals surface area contributed by atoms with Gasteiger partial charge < -0.3 is 0 Å². The molecule has 1 heterocycles. The average molecular weight is 274 g/mol. The van der Waals surface area contributed by atoms with E-state index in [1.807, 2.05) is 0 Å². The molecule has 2 aliphatic rings. The molecule has 0 aromatic carbocycles. The van der Waals surface area contributed by atoms with Gasteiger partial charge in [0.05, 0.1) is 6.26 Å². The third kappa shape index (κ3) is 4.52. The van der Waals surface area contributed by atoms with E-state index in [1.165, 1.54) is 51.3 Å². The Balaban J connectivity index is 1.79. The zero-order chi connectivity index (χ0) is 13.0. The summed E-state index contributed by atoms with van der Waals surface area (Å²) in [5.74, 6) is 0.845. The molecule has 0 amide bonds. The summed E-state index contributed by atoms with van der Waals surface area (Å²) < 4.78 is 25.0. The van der Waals surface area contributed by atoms with Crippen LogP contribution in [0.2, 0.25) is 0 Å². The zero-order valence-corrected chi connectivity index (χ0v) is 12.2. The maximum atomic E-state index is 11.2. The monoisotopic (exact) mass is 274 g/mol. The first-order valence-corrected chi connectivity index (χ1v) is 9.12. The molecule has 18 heavy (non-hydrogen) atoms. The Morgan fingerprint density at radius 3 is 2.50 bits per heavy atom. The van der Waals surface area contributed by atoms with Crippen molar-refractivity contribution in [3.8, 4) is 0 Å². The molecule has 1 saturated heterocycles. The van der Waals surface area contributed by atoms with Gasteiger partial charge in [0, 0.05) is 19.1 Å². The van der Waals surface area contributed by atoms with Gasteiger partial charge in [-0.25, -0.2) is 13.1 Å². The fourth-order valence-electron chi connectivity index (χ4n) is 3.32. The molecule has 106 valence electrons. The zero-order valence-electron chi connectivity index (χ0n) is 11.4. The molecule has 0 aromatic rings. The van der Waals surface area contributed by atoms with Crippen LogP contribution in [0.3, 0.4) is 0 Å². The van der Waals surface area contributed by atoms with Crippen LogP contribution < -0.4 is 4.72 Å². The first kappa shape index (κ1) is 14.3. The third-order valence-corrected chi connectivity index (χ3v) is 4.99. The van der Waals surface area contributed by atoms with Crippen molar-refractivity contribution in [2.45, 2.75) is 51.0 Å². The predicted octanol–water partition coefficient (Wildman–Crippen LogP) is 1.58. The number of nitrogens with zero attached hydrogens (tertiary/aromatic N) is 1. The summed E-state index contributed by atoms with van der Waals surface area (Å²) >= 11 is 0. The lowest BCUT2D eigenvalue weighted by Crippen LogP contribution is -2.42. The summed E-state index contributed by atoms with van der Waals surface area (Å²) in [6.45, 7) is 2.91. The van der Waals surface area contributed by atoms with Crippen LogP contribution in [0.15, 0.2) is 0 Å². The van der Waals surface area contributed by atoms with Gasteiger partial charge in [0.2, 0.25) is 10.0 Å². The molecule has 2 fully saturated rings. The minimum Gasteiger partial charge on any atom is -0.299 e. The normalized spacial score (nSPS) is 27.7. The molecule has 0 spiro atoms. The topological polar surface area (TPSA) is 49.4 Å². The number of rotatable bonds is 5. The molecule has 1 aliphatic carbocycles. The molecule has 2 rings (SSSR count). The van der Waals surface area contributed by atoms with Crippen LogP contribution in [0, 0.1) is 5.92 Å². The van der Waals surface area contributed by atoms with Crippen molar-refractivity contribution in [3.05, 3.63) is 0 Å². The van der Waals surface area contributed by atoms with Crippen molar-refractivity contribution < 1.29 is 8.42 Å². The SMILES string of the molecule is CS(=O)(=O)NC[C@@H]1CCCN1CC1CCCCC1. The molecule has 0 radical (unpaired) electrons. The Kier molecular flexibility index (Phi) is 5.04. The molecular formula is C13H26N2O2S. The van der Waals surface area contributed by atoms with E-state index < -0.39 is 10.0 Å². The fraction of sp³-hybridized carbons (Fsp3) is 1.00.